The van der Waals surface area contributed by atoms with Crippen LogP contribution in [0.2, 0.25) is 0 Å². The topological polar surface area (TPSA) is 50.2 Å². The summed E-state index contributed by atoms with van der Waals surface area (Å²) in [4.78, 5) is 16.3. The zero-order chi connectivity index (χ0) is 15.6. The van der Waals surface area contributed by atoms with Crippen LogP contribution >= 0.6 is 11.3 Å². The van der Waals surface area contributed by atoms with Gasteiger partial charge in [0.05, 0.1) is 6.54 Å². The minimum absolute atomic E-state index is 0.158. The quantitative estimate of drug-likeness (QED) is 0.938. The van der Waals surface area contributed by atoms with E-state index in [2.05, 4.69) is 28.8 Å². The second kappa shape index (κ2) is 6.22. The smallest absolute Gasteiger partial charge is 0.250 e. The number of hydrogen-bond donors (Lipinski definition) is 1. The molecule has 0 aromatic carbocycles. The van der Waals surface area contributed by atoms with Crippen LogP contribution in [0.25, 0.3) is 0 Å². The van der Waals surface area contributed by atoms with E-state index in [4.69, 9.17) is 0 Å². The Balaban J connectivity index is 1.84. The van der Waals surface area contributed by atoms with Crippen molar-refractivity contribution in [2.75, 3.05) is 20.1 Å². The van der Waals surface area contributed by atoms with Gasteiger partial charge in [0.2, 0.25) is 0 Å². The summed E-state index contributed by atoms with van der Waals surface area (Å²) in [5.41, 5.74) is 0.706. The monoisotopic (exact) mass is 318 g/mol. The molecule has 1 amide bonds. The van der Waals surface area contributed by atoms with Crippen molar-refractivity contribution in [2.24, 2.45) is 0 Å². The SMILES string of the molecule is Cc1ccsc1CN(C)C(=O)C1(n2cccn2)CCNCC1. The predicted molar refractivity (Wildman–Crippen MR) is 87.8 cm³/mol. The minimum atomic E-state index is -0.547. The standard InChI is InChI=1S/C16H22N4OS/c1-13-4-11-22-14(13)12-19(2)15(21)16(5-8-17-9-6-16)20-10-3-7-18-20/h3-4,7,10-11,17H,5-6,8-9,12H2,1-2H3. The van der Waals surface area contributed by atoms with Gasteiger partial charge in [-0.1, -0.05) is 0 Å². The Morgan fingerprint density at radius 1 is 1.50 bits per heavy atom. The molecule has 1 N–H and O–H groups in total. The van der Waals surface area contributed by atoms with E-state index in [0.717, 1.165) is 25.9 Å². The second-order valence-corrected chi connectivity index (χ2v) is 6.92. The Morgan fingerprint density at radius 3 is 2.86 bits per heavy atom. The normalized spacial score (nSPS) is 17.4. The fraction of sp³-hybridized carbons (Fsp3) is 0.500. The molecule has 118 valence electrons. The molecule has 0 saturated carbocycles. The summed E-state index contributed by atoms with van der Waals surface area (Å²) in [6.07, 6.45) is 5.22. The Kier molecular flexibility index (Phi) is 4.31. The summed E-state index contributed by atoms with van der Waals surface area (Å²) in [5, 5.41) is 9.79. The van der Waals surface area contributed by atoms with Gasteiger partial charge in [-0.25, -0.2) is 0 Å². The van der Waals surface area contributed by atoms with Gasteiger partial charge in [0.1, 0.15) is 5.54 Å². The number of piperidine rings is 1. The van der Waals surface area contributed by atoms with Crippen molar-refractivity contribution in [3.8, 4) is 0 Å². The molecular formula is C16H22N4OS. The van der Waals surface area contributed by atoms with E-state index < -0.39 is 5.54 Å². The van der Waals surface area contributed by atoms with Crippen LogP contribution in [-0.4, -0.2) is 40.7 Å². The molecule has 2 aromatic rings. The molecule has 2 aromatic heterocycles. The number of hydrogen-bond acceptors (Lipinski definition) is 4. The summed E-state index contributed by atoms with van der Waals surface area (Å²) >= 11 is 1.71. The molecule has 0 aliphatic carbocycles. The van der Waals surface area contributed by atoms with Crippen LogP contribution in [0.1, 0.15) is 23.3 Å². The van der Waals surface area contributed by atoms with Crippen molar-refractivity contribution in [1.29, 1.82) is 0 Å². The van der Waals surface area contributed by atoms with Crippen molar-refractivity contribution < 1.29 is 4.79 Å². The van der Waals surface area contributed by atoms with Gasteiger partial charge in [-0.2, -0.15) is 5.10 Å². The average Bonchev–Trinajstić information content (AvgIpc) is 3.20. The summed E-state index contributed by atoms with van der Waals surface area (Å²) in [6.45, 7) is 4.45. The molecule has 1 fully saturated rings. The van der Waals surface area contributed by atoms with Crippen LogP contribution in [0.15, 0.2) is 29.9 Å². The highest BCUT2D eigenvalue weighted by molar-refractivity contribution is 7.10. The minimum Gasteiger partial charge on any atom is -0.338 e. The van der Waals surface area contributed by atoms with Crippen molar-refractivity contribution in [3.05, 3.63) is 40.3 Å². The summed E-state index contributed by atoms with van der Waals surface area (Å²) in [6, 6.07) is 3.99. The van der Waals surface area contributed by atoms with E-state index in [-0.39, 0.29) is 5.91 Å². The molecule has 0 spiro atoms. The van der Waals surface area contributed by atoms with Crippen LogP contribution in [0.4, 0.5) is 0 Å². The maximum atomic E-state index is 13.2. The molecule has 1 aliphatic heterocycles. The number of likely N-dealkylation sites (N-methyl/N-ethyl adjacent to an activating group) is 1. The second-order valence-electron chi connectivity index (χ2n) is 5.92. The van der Waals surface area contributed by atoms with Crippen LogP contribution in [0.3, 0.4) is 0 Å². The zero-order valence-electron chi connectivity index (χ0n) is 13.1. The molecule has 6 heteroatoms. The summed E-state index contributed by atoms with van der Waals surface area (Å²) in [5.74, 6) is 0.158. The lowest BCUT2D eigenvalue weighted by molar-refractivity contribution is -0.142. The number of nitrogens with zero attached hydrogens (tertiary/aromatic N) is 3. The van der Waals surface area contributed by atoms with Crippen LogP contribution < -0.4 is 5.32 Å². The first-order valence-corrected chi connectivity index (χ1v) is 8.51. The molecule has 0 radical (unpaired) electrons. The largest absolute Gasteiger partial charge is 0.338 e. The van der Waals surface area contributed by atoms with Gasteiger partial charge in [0, 0.05) is 24.3 Å². The zero-order valence-corrected chi connectivity index (χ0v) is 13.9. The highest BCUT2D eigenvalue weighted by Gasteiger charge is 2.43. The van der Waals surface area contributed by atoms with Gasteiger partial charge < -0.3 is 10.2 Å². The highest BCUT2D eigenvalue weighted by atomic mass is 32.1. The fourth-order valence-electron chi connectivity index (χ4n) is 3.11. The number of thiophene rings is 1. The van der Waals surface area contributed by atoms with Gasteiger partial charge in [-0.15, -0.1) is 11.3 Å². The lowest BCUT2D eigenvalue weighted by Gasteiger charge is -2.39. The number of carbonyl (C=O) groups is 1. The third-order valence-corrected chi connectivity index (χ3v) is 5.48. The average molecular weight is 318 g/mol. The molecule has 3 heterocycles. The van der Waals surface area contributed by atoms with E-state index in [1.54, 1.807) is 17.5 Å². The van der Waals surface area contributed by atoms with Crippen molar-refractivity contribution in [3.63, 3.8) is 0 Å². The van der Waals surface area contributed by atoms with Gasteiger partial charge in [0.15, 0.2) is 0 Å². The molecule has 1 aliphatic rings. The van der Waals surface area contributed by atoms with Crippen LogP contribution in [-0.2, 0) is 16.9 Å². The van der Waals surface area contributed by atoms with Crippen molar-refractivity contribution in [2.45, 2.75) is 31.8 Å². The van der Waals surface area contributed by atoms with Gasteiger partial charge in [-0.05, 0) is 55.9 Å². The lowest BCUT2D eigenvalue weighted by Crippen LogP contribution is -2.54. The van der Waals surface area contributed by atoms with Gasteiger partial charge >= 0.3 is 0 Å². The predicted octanol–water partition coefficient (Wildman–Crippen LogP) is 1.99. The number of carbonyl (C=O) groups excluding carboxylic acids is 1. The van der Waals surface area contributed by atoms with Crippen molar-refractivity contribution >= 4 is 17.2 Å². The summed E-state index contributed by atoms with van der Waals surface area (Å²) in [7, 11) is 1.90. The van der Waals surface area contributed by atoms with E-state index in [1.807, 2.05) is 28.9 Å². The van der Waals surface area contributed by atoms with E-state index in [1.165, 1.54) is 10.4 Å². The first-order valence-electron chi connectivity index (χ1n) is 7.63. The molecule has 3 rings (SSSR count). The Morgan fingerprint density at radius 2 is 2.27 bits per heavy atom. The molecule has 0 atom stereocenters. The maximum Gasteiger partial charge on any atom is 0.250 e. The van der Waals surface area contributed by atoms with Crippen molar-refractivity contribution in [1.82, 2.24) is 20.0 Å². The van der Waals surface area contributed by atoms with Gasteiger partial charge in [0.25, 0.3) is 5.91 Å². The lowest BCUT2D eigenvalue weighted by atomic mass is 9.87. The van der Waals surface area contributed by atoms with Crippen LogP contribution in [0.5, 0.6) is 0 Å². The summed E-state index contributed by atoms with van der Waals surface area (Å²) < 4.78 is 1.86. The molecule has 0 unspecified atom stereocenters. The molecular weight excluding hydrogens is 296 g/mol. The molecule has 1 saturated heterocycles. The van der Waals surface area contributed by atoms with E-state index in [9.17, 15) is 4.79 Å². The maximum absolute atomic E-state index is 13.2. The number of rotatable bonds is 4. The number of amides is 1. The molecule has 22 heavy (non-hydrogen) atoms. The third kappa shape index (κ3) is 2.68. The molecule has 5 nitrogen and oxygen atoms in total. The van der Waals surface area contributed by atoms with E-state index >= 15 is 0 Å². The fourth-order valence-corrected chi connectivity index (χ4v) is 4.07. The third-order valence-electron chi connectivity index (χ3n) is 4.47. The van der Waals surface area contributed by atoms with E-state index in [0.29, 0.717) is 6.54 Å². The molecule has 0 bridgehead atoms. The first kappa shape index (κ1) is 15.2. The number of nitrogens with one attached hydrogen (secondary N) is 1. The first-order chi connectivity index (χ1) is 10.6. The highest BCUT2D eigenvalue weighted by Crippen LogP contribution is 2.30. The Bertz CT molecular complexity index is 628. The number of aromatic nitrogens is 2. The Labute approximate surface area is 134 Å². The Hall–Kier alpha value is -1.66. The van der Waals surface area contributed by atoms with Gasteiger partial charge in [-0.3, -0.25) is 9.48 Å². The number of aryl methyl sites for hydroxylation is 1. The van der Waals surface area contributed by atoms with Crippen LogP contribution in [0, 0.1) is 6.92 Å².